The summed E-state index contributed by atoms with van der Waals surface area (Å²) in [5.41, 5.74) is 0.554. The molecule has 2 aromatic rings. The van der Waals surface area contributed by atoms with E-state index >= 15 is 0 Å². The van der Waals surface area contributed by atoms with Gasteiger partial charge in [0.2, 0.25) is 0 Å². The summed E-state index contributed by atoms with van der Waals surface area (Å²) in [5, 5.41) is 17.7. The van der Waals surface area contributed by atoms with Crippen molar-refractivity contribution in [2.75, 3.05) is 13.1 Å². The van der Waals surface area contributed by atoms with Gasteiger partial charge in [-0.1, -0.05) is 0 Å². The number of nitrogens with one attached hydrogen (secondary N) is 1. The third-order valence-corrected chi connectivity index (χ3v) is 5.49. The second-order valence-corrected chi connectivity index (χ2v) is 7.04. The summed E-state index contributed by atoms with van der Waals surface area (Å²) < 4.78 is 1.16. The zero-order chi connectivity index (χ0) is 17.8. The molecule has 1 saturated heterocycles. The maximum absolute atomic E-state index is 12.6. The summed E-state index contributed by atoms with van der Waals surface area (Å²) in [6.07, 6.45) is 1.53. The Morgan fingerprint density at radius 2 is 2.04 bits per heavy atom. The van der Waals surface area contributed by atoms with Crippen molar-refractivity contribution >= 4 is 47.2 Å². The molecule has 3 rings (SSSR count). The molecule has 0 spiro atoms. The molecule has 124 valence electrons. The van der Waals surface area contributed by atoms with Gasteiger partial charge in [0.15, 0.2) is 0 Å². The molecule has 0 aromatic heterocycles. The number of likely N-dealkylation sites (tertiary alicyclic amines) is 1. The van der Waals surface area contributed by atoms with E-state index in [0.29, 0.717) is 18.5 Å². The minimum atomic E-state index is -0.371. The van der Waals surface area contributed by atoms with E-state index in [9.17, 15) is 9.59 Å². The first-order valence-corrected chi connectivity index (χ1v) is 9.66. The number of hydrogen-bond acceptors (Lipinski definition) is 3. The standard InChI is InChI=1S/C18H16N3O2.CH2.Al/c19-11-14-7-4-10-21(14)17(22)12-20-18(23)16-9-3-6-13-5-1-2-8-15(13)16;;/h1-3,6,8-9,14H,4,7,10,12H2,(H,20,23);1H2;/t14-;;/m0../s1. The van der Waals surface area contributed by atoms with Gasteiger partial charge >= 0.3 is 152 Å². The van der Waals surface area contributed by atoms with Gasteiger partial charge in [-0.2, -0.15) is 0 Å². The van der Waals surface area contributed by atoms with Crippen LogP contribution in [0.5, 0.6) is 0 Å². The Morgan fingerprint density at radius 3 is 2.80 bits per heavy atom. The van der Waals surface area contributed by atoms with Gasteiger partial charge in [0, 0.05) is 0 Å². The number of hydrogen-bond donors (Lipinski definition) is 1. The van der Waals surface area contributed by atoms with Crippen molar-refractivity contribution in [1.29, 1.82) is 5.26 Å². The van der Waals surface area contributed by atoms with Crippen molar-refractivity contribution in [1.82, 2.24) is 10.2 Å². The summed E-state index contributed by atoms with van der Waals surface area (Å²) in [5.74, 6) is -0.483. The fourth-order valence-electron chi connectivity index (χ4n) is 3.26. The van der Waals surface area contributed by atoms with Crippen LogP contribution >= 0.6 is 0 Å². The number of benzene rings is 2. The number of nitrogens with zero attached hydrogens (tertiary/aromatic N) is 2. The van der Waals surface area contributed by atoms with E-state index in [2.05, 4.69) is 16.8 Å². The van der Waals surface area contributed by atoms with E-state index in [0.717, 1.165) is 21.6 Å². The van der Waals surface area contributed by atoms with E-state index in [4.69, 9.17) is 5.26 Å². The van der Waals surface area contributed by atoms with E-state index in [1.165, 1.54) is 0 Å². The van der Waals surface area contributed by atoms with Crippen LogP contribution < -0.4 is 9.74 Å². The van der Waals surface area contributed by atoms with Gasteiger partial charge in [-0.05, 0) is 0 Å². The van der Waals surface area contributed by atoms with Crippen LogP contribution in [0.4, 0.5) is 0 Å². The van der Waals surface area contributed by atoms with E-state index in [-0.39, 0.29) is 39.2 Å². The number of rotatable bonds is 4. The third kappa shape index (κ3) is 3.49. The van der Waals surface area contributed by atoms with Crippen molar-refractivity contribution < 1.29 is 9.59 Å². The molecule has 0 unspecified atom stereocenters. The molecule has 0 aliphatic carbocycles. The molecule has 2 amide bonds. The Bertz CT molecular complexity index is 888. The van der Waals surface area contributed by atoms with Crippen LogP contribution in [0.2, 0.25) is 0 Å². The predicted octanol–water partition coefficient (Wildman–Crippen LogP) is 0.846. The van der Waals surface area contributed by atoms with Gasteiger partial charge < -0.3 is 0 Å². The Kier molecular flexibility index (Phi) is 5.29. The average molecular weight is 347 g/mol. The zero-order valence-electron chi connectivity index (χ0n) is 13.9. The van der Waals surface area contributed by atoms with Crippen LogP contribution in [0.15, 0.2) is 36.4 Å². The summed E-state index contributed by atoms with van der Waals surface area (Å²) >= 11 is -0.0949. The molecule has 25 heavy (non-hydrogen) atoms. The molecule has 0 saturated carbocycles. The van der Waals surface area contributed by atoms with Crippen LogP contribution in [0.3, 0.4) is 0 Å². The quantitative estimate of drug-likeness (QED) is 0.833. The predicted molar refractivity (Wildman–Crippen MR) is 99.1 cm³/mol. The number of fused-ring (bicyclic) bond motifs is 1. The van der Waals surface area contributed by atoms with Gasteiger partial charge in [-0.3, -0.25) is 0 Å². The fraction of sp³-hybridized carbons (Fsp3) is 0.263. The molecule has 5 nitrogen and oxygen atoms in total. The van der Waals surface area contributed by atoms with Crippen molar-refractivity contribution in [2.45, 2.75) is 18.9 Å². The average Bonchev–Trinajstić information content (AvgIpc) is 3.13. The molecule has 1 atom stereocenters. The summed E-state index contributed by atoms with van der Waals surface area (Å²) in [6, 6.07) is 13.3. The Balaban J connectivity index is 1.76. The molecular formula is C19H18AlN3O2. The molecule has 1 fully saturated rings. The molecule has 2 aromatic carbocycles. The number of carbonyl (C=O) groups is 2. The zero-order valence-corrected chi connectivity index (χ0v) is 15.0. The molecule has 0 radical (unpaired) electrons. The molecule has 1 aliphatic rings. The van der Waals surface area contributed by atoms with E-state index < -0.39 is 0 Å². The fourth-order valence-corrected chi connectivity index (χ4v) is 3.98. The van der Waals surface area contributed by atoms with Gasteiger partial charge in [0.05, 0.1) is 0 Å². The molecular weight excluding hydrogens is 329 g/mol. The summed E-state index contributed by atoms with van der Waals surface area (Å²) in [4.78, 5) is 26.4. The maximum atomic E-state index is 12.6. The van der Waals surface area contributed by atoms with Crippen LogP contribution in [0.1, 0.15) is 23.2 Å². The topological polar surface area (TPSA) is 73.2 Å². The molecule has 1 aliphatic heterocycles. The molecule has 6 heteroatoms. The normalized spacial score (nSPS) is 16.3. The van der Waals surface area contributed by atoms with E-state index in [1.54, 1.807) is 11.0 Å². The number of carbonyl (C=O) groups excluding carboxylic acids is 2. The van der Waals surface area contributed by atoms with Gasteiger partial charge in [-0.15, -0.1) is 0 Å². The third-order valence-electron chi connectivity index (χ3n) is 4.54. The SMILES string of the molecule is [CH2]=[Al][c]1cccc2c(C(=O)NCC(=O)N3CCC[C@H]3C#N)cccc12. The second-order valence-electron chi connectivity index (χ2n) is 6.01. The monoisotopic (exact) mass is 347 g/mol. The van der Waals surface area contributed by atoms with Crippen molar-refractivity contribution in [3.05, 3.63) is 42.0 Å². The molecule has 1 heterocycles. The van der Waals surface area contributed by atoms with Crippen LogP contribution in [0.25, 0.3) is 10.8 Å². The molecule has 0 bridgehead atoms. The Labute approximate surface area is 152 Å². The number of nitriles is 1. The van der Waals surface area contributed by atoms with Crippen molar-refractivity contribution in [2.24, 2.45) is 0 Å². The van der Waals surface area contributed by atoms with Crippen LogP contribution in [-0.2, 0) is 4.79 Å². The van der Waals surface area contributed by atoms with Crippen LogP contribution in [-0.4, -0.2) is 56.0 Å². The van der Waals surface area contributed by atoms with Gasteiger partial charge in [0.1, 0.15) is 0 Å². The first-order valence-electron chi connectivity index (χ1n) is 8.27. The first-order chi connectivity index (χ1) is 12.2. The summed E-state index contributed by atoms with van der Waals surface area (Å²) in [7, 11) is 0. The van der Waals surface area contributed by atoms with Crippen molar-refractivity contribution in [3.8, 4) is 6.07 Å². The molecule has 1 N–H and O–H groups in total. The van der Waals surface area contributed by atoms with Crippen molar-refractivity contribution in [3.63, 3.8) is 0 Å². The minimum absolute atomic E-state index is 0.0896. The summed E-state index contributed by atoms with van der Waals surface area (Å²) in [6.45, 7) is 0.491. The van der Waals surface area contributed by atoms with E-state index in [1.807, 2.05) is 30.3 Å². The van der Waals surface area contributed by atoms with Gasteiger partial charge in [0.25, 0.3) is 0 Å². The number of amides is 2. The van der Waals surface area contributed by atoms with Gasteiger partial charge in [-0.25, -0.2) is 0 Å². The second kappa shape index (κ2) is 7.61. The first kappa shape index (κ1) is 17.4. The Hall–Kier alpha value is -2.47. The Morgan fingerprint density at radius 1 is 1.28 bits per heavy atom. The van der Waals surface area contributed by atoms with Crippen LogP contribution in [0, 0.1) is 11.3 Å².